The van der Waals surface area contributed by atoms with E-state index in [-0.39, 0.29) is 23.6 Å². The predicted octanol–water partition coefficient (Wildman–Crippen LogP) is 3.23. The minimum Gasteiger partial charge on any atom is -0.333 e. The van der Waals surface area contributed by atoms with Gasteiger partial charge in [0.2, 0.25) is 0 Å². The van der Waals surface area contributed by atoms with E-state index in [9.17, 15) is 9.18 Å². The Balaban J connectivity index is 2.27. The van der Waals surface area contributed by atoms with E-state index < -0.39 is 5.82 Å². The van der Waals surface area contributed by atoms with Crippen molar-refractivity contribution < 1.29 is 9.18 Å². The number of halogens is 1. The van der Waals surface area contributed by atoms with Crippen molar-refractivity contribution >= 4 is 5.91 Å². The Morgan fingerprint density at radius 2 is 1.82 bits per heavy atom. The molecule has 1 aromatic rings. The highest BCUT2D eigenvalue weighted by Gasteiger charge is 2.30. The van der Waals surface area contributed by atoms with Crippen LogP contribution >= 0.6 is 0 Å². The van der Waals surface area contributed by atoms with E-state index in [0.29, 0.717) is 0 Å². The Hall–Kier alpha value is -1.38. The Labute approximate surface area is 101 Å². The van der Waals surface area contributed by atoms with Crippen molar-refractivity contribution in [2.24, 2.45) is 0 Å². The first-order chi connectivity index (χ1) is 8.11. The number of hydrogen-bond acceptors (Lipinski definition) is 1. The molecule has 0 saturated carbocycles. The zero-order valence-corrected chi connectivity index (χ0v) is 10.3. The van der Waals surface area contributed by atoms with Crippen LogP contribution in [-0.2, 0) is 0 Å². The second kappa shape index (κ2) is 4.86. The summed E-state index contributed by atoms with van der Waals surface area (Å²) in [6.45, 7) is 4.07. The summed E-state index contributed by atoms with van der Waals surface area (Å²) in [5, 5.41) is 0. The molecule has 2 nitrogen and oxygen atoms in total. The summed E-state index contributed by atoms with van der Waals surface area (Å²) in [5.74, 6) is -0.606. The summed E-state index contributed by atoms with van der Waals surface area (Å²) >= 11 is 0. The van der Waals surface area contributed by atoms with E-state index in [0.717, 1.165) is 19.3 Å². The molecule has 1 aliphatic rings. The molecular formula is C14H18FNO. The van der Waals surface area contributed by atoms with Gasteiger partial charge in [0.1, 0.15) is 5.82 Å². The molecule has 0 radical (unpaired) electrons. The summed E-state index contributed by atoms with van der Waals surface area (Å²) in [4.78, 5) is 14.1. The average Bonchev–Trinajstić information content (AvgIpc) is 2.29. The third kappa shape index (κ3) is 2.33. The Kier molecular flexibility index (Phi) is 3.46. The summed E-state index contributed by atoms with van der Waals surface area (Å²) in [6.07, 6.45) is 3.15. The largest absolute Gasteiger partial charge is 0.333 e. The SMILES string of the molecule is C[C@@H]1CCC[C@H](C)N1C(=O)c1ccccc1F. The second-order valence-corrected chi connectivity index (χ2v) is 4.82. The van der Waals surface area contributed by atoms with Gasteiger partial charge in [-0.3, -0.25) is 4.79 Å². The van der Waals surface area contributed by atoms with Crippen LogP contribution in [0.1, 0.15) is 43.5 Å². The van der Waals surface area contributed by atoms with Crippen molar-refractivity contribution in [1.82, 2.24) is 4.90 Å². The fraction of sp³-hybridized carbons (Fsp3) is 0.500. The predicted molar refractivity (Wildman–Crippen MR) is 65.3 cm³/mol. The molecule has 1 saturated heterocycles. The lowest BCUT2D eigenvalue weighted by molar-refractivity contribution is 0.0506. The summed E-state index contributed by atoms with van der Waals surface area (Å²) < 4.78 is 13.6. The van der Waals surface area contributed by atoms with Crippen LogP contribution in [0.15, 0.2) is 24.3 Å². The van der Waals surface area contributed by atoms with Crippen LogP contribution in [0.4, 0.5) is 4.39 Å². The molecule has 17 heavy (non-hydrogen) atoms. The zero-order chi connectivity index (χ0) is 12.4. The molecule has 2 rings (SSSR count). The molecule has 1 fully saturated rings. The van der Waals surface area contributed by atoms with E-state index in [1.54, 1.807) is 18.2 Å². The minimum atomic E-state index is -0.428. The number of hydrogen-bond donors (Lipinski definition) is 0. The lowest BCUT2D eigenvalue weighted by Gasteiger charge is -2.39. The minimum absolute atomic E-state index is 0.178. The van der Waals surface area contributed by atoms with Crippen molar-refractivity contribution in [1.29, 1.82) is 0 Å². The van der Waals surface area contributed by atoms with Gasteiger partial charge < -0.3 is 4.90 Å². The van der Waals surface area contributed by atoms with E-state index in [1.165, 1.54) is 6.07 Å². The highest BCUT2D eigenvalue weighted by atomic mass is 19.1. The maximum absolute atomic E-state index is 13.6. The van der Waals surface area contributed by atoms with Crippen molar-refractivity contribution in [3.05, 3.63) is 35.6 Å². The molecule has 1 heterocycles. The Morgan fingerprint density at radius 1 is 1.24 bits per heavy atom. The standard InChI is InChI=1S/C14H18FNO/c1-10-6-5-7-11(2)16(10)14(17)12-8-3-4-9-13(12)15/h3-4,8-11H,5-7H2,1-2H3/t10-,11+. The Morgan fingerprint density at radius 3 is 2.41 bits per heavy atom. The monoisotopic (exact) mass is 235 g/mol. The number of rotatable bonds is 1. The summed E-state index contributed by atoms with van der Waals surface area (Å²) in [7, 11) is 0. The van der Waals surface area contributed by atoms with Gasteiger partial charge in [-0.05, 0) is 45.2 Å². The molecule has 0 aliphatic carbocycles. The number of piperidine rings is 1. The first-order valence-electron chi connectivity index (χ1n) is 6.18. The molecule has 0 unspecified atom stereocenters. The van der Waals surface area contributed by atoms with Crippen LogP contribution < -0.4 is 0 Å². The van der Waals surface area contributed by atoms with Crippen LogP contribution in [0.25, 0.3) is 0 Å². The topological polar surface area (TPSA) is 20.3 Å². The lowest BCUT2D eigenvalue weighted by atomic mass is 9.96. The molecule has 1 amide bonds. The van der Waals surface area contributed by atoms with Crippen molar-refractivity contribution in [3.8, 4) is 0 Å². The molecule has 0 spiro atoms. The van der Waals surface area contributed by atoms with Gasteiger partial charge >= 0.3 is 0 Å². The van der Waals surface area contributed by atoms with Crippen molar-refractivity contribution in [3.63, 3.8) is 0 Å². The number of carbonyl (C=O) groups excluding carboxylic acids is 1. The van der Waals surface area contributed by atoms with Gasteiger partial charge in [0, 0.05) is 12.1 Å². The molecule has 2 atom stereocenters. The van der Waals surface area contributed by atoms with Gasteiger partial charge in [0.05, 0.1) is 5.56 Å². The van der Waals surface area contributed by atoms with Gasteiger partial charge in [0.15, 0.2) is 0 Å². The smallest absolute Gasteiger partial charge is 0.257 e. The maximum Gasteiger partial charge on any atom is 0.257 e. The van der Waals surface area contributed by atoms with Gasteiger partial charge in [-0.15, -0.1) is 0 Å². The highest BCUT2D eigenvalue weighted by molar-refractivity contribution is 5.94. The van der Waals surface area contributed by atoms with Gasteiger partial charge in [-0.25, -0.2) is 4.39 Å². The Bertz CT molecular complexity index is 408. The van der Waals surface area contributed by atoms with Crippen LogP contribution in [0, 0.1) is 5.82 Å². The highest BCUT2D eigenvalue weighted by Crippen LogP contribution is 2.25. The number of amides is 1. The van der Waals surface area contributed by atoms with Crippen molar-refractivity contribution in [2.45, 2.75) is 45.2 Å². The fourth-order valence-electron chi connectivity index (χ4n) is 2.60. The number of benzene rings is 1. The maximum atomic E-state index is 13.6. The van der Waals surface area contributed by atoms with Gasteiger partial charge in [-0.1, -0.05) is 12.1 Å². The number of likely N-dealkylation sites (tertiary alicyclic amines) is 1. The quantitative estimate of drug-likeness (QED) is 0.731. The van der Waals surface area contributed by atoms with E-state index in [2.05, 4.69) is 0 Å². The van der Waals surface area contributed by atoms with Gasteiger partial charge in [0.25, 0.3) is 5.91 Å². The first kappa shape index (κ1) is 12.1. The fourth-order valence-corrected chi connectivity index (χ4v) is 2.60. The summed E-state index contributed by atoms with van der Waals surface area (Å²) in [5.41, 5.74) is 0.188. The van der Waals surface area contributed by atoms with E-state index in [1.807, 2.05) is 18.7 Å². The third-order valence-electron chi connectivity index (χ3n) is 3.53. The van der Waals surface area contributed by atoms with E-state index >= 15 is 0 Å². The first-order valence-corrected chi connectivity index (χ1v) is 6.18. The van der Waals surface area contributed by atoms with Crippen LogP contribution in [-0.4, -0.2) is 22.9 Å². The zero-order valence-electron chi connectivity index (χ0n) is 10.3. The third-order valence-corrected chi connectivity index (χ3v) is 3.53. The second-order valence-electron chi connectivity index (χ2n) is 4.82. The molecule has 1 aromatic carbocycles. The van der Waals surface area contributed by atoms with Gasteiger partial charge in [-0.2, -0.15) is 0 Å². The average molecular weight is 235 g/mol. The molecule has 92 valence electrons. The molecule has 3 heteroatoms. The normalized spacial score (nSPS) is 24.8. The van der Waals surface area contributed by atoms with Crippen LogP contribution in [0.2, 0.25) is 0 Å². The van der Waals surface area contributed by atoms with Crippen LogP contribution in [0.3, 0.4) is 0 Å². The van der Waals surface area contributed by atoms with Crippen LogP contribution in [0.5, 0.6) is 0 Å². The van der Waals surface area contributed by atoms with Crippen molar-refractivity contribution in [2.75, 3.05) is 0 Å². The summed E-state index contributed by atoms with van der Waals surface area (Å²) in [6, 6.07) is 6.61. The molecular weight excluding hydrogens is 217 g/mol. The molecule has 1 aliphatic heterocycles. The number of nitrogens with zero attached hydrogens (tertiary/aromatic N) is 1. The molecule has 0 N–H and O–H groups in total. The molecule has 0 bridgehead atoms. The number of carbonyl (C=O) groups is 1. The molecule has 0 aromatic heterocycles. The lowest BCUT2D eigenvalue weighted by Crippen LogP contribution is -2.47. The van der Waals surface area contributed by atoms with E-state index in [4.69, 9.17) is 0 Å².